The Morgan fingerprint density at radius 1 is 1.45 bits per heavy atom. The van der Waals surface area contributed by atoms with Gasteiger partial charge in [0.1, 0.15) is 0 Å². The third-order valence-corrected chi connectivity index (χ3v) is 3.38. The fourth-order valence-electron chi connectivity index (χ4n) is 2.17. The number of hydrogen-bond acceptors (Lipinski definition) is 3. The van der Waals surface area contributed by atoms with Gasteiger partial charge in [-0.2, -0.15) is 5.10 Å². The second kappa shape index (κ2) is 6.50. The van der Waals surface area contributed by atoms with Crippen LogP contribution in [-0.4, -0.2) is 44.4 Å². The van der Waals surface area contributed by atoms with Crippen LogP contribution in [0.15, 0.2) is 36.7 Å². The number of halogens is 1. The van der Waals surface area contributed by atoms with Gasteiger partial charge in [0.25, 0.3) is 5.91 Å². The monoisotopic (exact) mass is 321 g/mol. The summed E-state index contributed by atoms with van der Waals surface area (Å²) in [5.41, 5.74) is 0.331. The van der Waals surface area contributed by atoms with Gasteiger partial charge in [-0.15, -0.1) is 0 Å². The molecule has 5 nitrogen and oxygen atoms in total. The predicted octanol–water partition coefficient (Wildman–Crippen LogP) is 2.76. The van der Waals surface area contributed by atoms with Crippen LogP contribution in [0.1, 0.15) is 31.1 Å². The lowest BCUT2D eigenvalue weighted by Gasteiger charge is -2.27. The lowest BCUT2D eigenvalue weighted by molar-refractivity contribution is 0.0314. The van der Waals surface area contributed by atoms with E-state index < -0.39 is 5.60 Å². The molecule has 2 rings (SSSR count). The summed E-state index contributed by atoms with van der Waals surface area (Å²) in [6.07, 6.45) is 3.19. The van der Waals surface area contributed by atoms with Crippen molar-refractivity contribution in [1.82, 2.24) is 14.7 Å². The van der Waals surface area contributed by atoms with Gasteiger partial charge in [0.2, 0.25) is 0 Å². The highest BCUT2D eigenvalue weighted by Crippen LogP contribution is 2.16. The topological polar surface area (TPSA) is 58.4 Å². The molecule has 0 radical (unpaired) electrons. The molecule has 1 N–H and O–H groups in total. The first-order chi connectivity index (χ1) is 10.3. The molecular formula is C16H20ClN3O2. The van der Waals surface area contributed by atoms with Crippen molar-refractivity contribution in [1.29, 1.82) is 0 Å². The van der Waals surface area contributed by atoms with E-state index in [1.165, 1.54) is 6.20 Å². The van der Waals surface area contributed by atoms with Crippen molar-refractivity contribution in [3.05, 3.63) is 47.2 Å². The summed E-state index contributed by atoms with van der Waals surface area (Å²) in [6, 6.07) is 7.25. The fourth-order valence-corrected chi connectivity index (χ4v) is 2.35. The van der Waals surface area contributed by atoms with E-state index in [0.717, 1.165) is 5.69 Å². The molecule has 0 fully saturated rings. The zero-order chi connectivity index (χ0) is 16.3. The summed E-state index contributed by atoms with van der Waals surface area (Å²) in [7, 11) is 0. The lowest BCUT2D eigenvalue weighted by Crippen LogP contribution is -2.42. The Bertz CT molecular complexity index is 661. The van der Waals surface area contributed by atoms with Gasteiger partial charge in [-0.05, 0) is 39.0 Å². The maximum absolute atomic E-state index is 12.5. The van der Waals surface area contributed by atoms with Crippen LogP contribution in [0.3, 0.4) is 0 Å². The SMILES string of the molecule is CCN(CC(C)(C)O)C(=O)c1cnn(-c2cccc(Cl)c2)c1. The highest BCUT2D eigenvalue weighted by Gasteiger charge is 2.23. The first-order valence-corrected chi connectivity index (χ1v) is 7.50. The third-order valence-electron chi connectivity index (χ3n) is 3.15. The molecule has 0 aliphatic carbocycles. The second-order valence-electron chi connectivity index (χ2n) is 5.79. The van der Waals surface area contributed by atoms with Crippen LogP contribution < -0.4 is 0 Å². The second-order valence-corrected chi connectivity index (χ2v) is 6.22. The van der Waals surface area contributed by atoms with Gasteiger partial charge in [-0.1, -0.05) is 17.7 Å². The fraction of sp³-hybridized carbons (Fsp3) is 0.375. The molecule has 0 unspecified atom stereocenters. The van der Waals surface area contributed by atoms with Crippen LogP contribution in [0.25, 0.3) is 5.69 Å². The highest BCUT2D eigenvalue weighted by molar-refractivity contribution is 6.30. The Morgan fingerprint density at radius 3 is 2.77 bits per heavy atom. The molecular weight excluding hydrogens is 302 g/mol. The Balaban J connectivity index is 2.21. The molecule has 0 bridgehead atoms. The number of hydrogen-bond donors (Lipinski definition) is 1. The lowest BCUT2D eigenvalue weighted by atomic mass is 10.1. The van der Waals surface area contributed by atoms with Crippen molar-refractivity contribution < 1.29 is 9.90 Å². The van der Waals surface area contributed by atoms with Gasteiger partial charge >= 0.3 is 0 Å². The van der Waals surface area contributed by atoms with Crippen molar-refractivity contribution in [3.8, 4) is 5.69 Å². The number of amides is 1. The molecule has 6 heteroatoms. The van der Waals surface area contributed by atoms with Crippen LogP contribution in [0, 0.1) is 0 Å². The molecule has 1 amide bonds. The molecule has 1 aromatic heterocycles. The number of rotatable bonds is 5. The van der Waals surface area contributed by atoms with Crippen molar-refractivity contribution in [2.24, 2.45) is 0 Å². The molecule has 118 valence electrons. The van der Waals surface area contributed by atoms with E-state index in [9.17, 15) is 9.90 Å². The summed E-state index contributed by atoms with van der Waals surface area (Å²) in [6.45, 7) is 6.03. The maximum atomic E-state index is 12.5. The average molecular weight is 322 g/mol. The largest absolute Gasteiger partial charge is 0.389 e. The molecule has 0 saturated carbocycles. The number of aliphatic hydroxyl groups is 1. The van der Waals surface area contributed by atoms with Gasteiger partial charge < -0.3 is 10.0 Å². The number of nitrogens with zero attached hydrogens (tertiary/aromatic N) is 3. The average Bonchev–Trinajstić information content (AvgIpc) is 2.93. The molecule has 0 spiro atoms. The molecule has 1 heterocycles. The smallest absolute Gasteiger partial charge is 0.257 e. The Hall–Kier alpha value is -1.85. The van der Waals surface area contributed by atoms with Crippen molar-refractivity contribution in [2.75, 3.05) is 13.1 Å². The van der Waals surface area contributed by atoms with Crippen LogP contribution >= 0.6 is 11.6 Å². The minimum Gasteiger partial charge on any atom is -0.389 e. The molecule has 0 aliphatic rings. The van der Waals surface area contributed by atoms with Gasteiger partial charge in [-0.25, -0.2) is 4.68 Å². The van der Waals surface area contributed by atoms with E-state index in [1.54, 1.807) is 41.8 Å². The van der Waals surface area contributed by atoms with E-state index in [0.29, 0.717) is 17.1 Å². The minimum absolute atomic E-state index is 0.155. The summed E-state index contributed by atoms with van der Waals surface area (Å²) < 4.78 is 1.61. The van der Waals surface area contributed by atoms with Gasteiger partial charge in [0.05, 0.1) is 23.0 Å². The third kappa shape index (κ3) is 4.08. The van der Waals surface area contributed by atoms with Gasteiger partial charge in [-0.3, -0.25) is 4.79 Å². The van der Waals surface area contributed by atoms with E-state index in [4.69, 9.17) is 11.6 Å². The van der Waals surface area contributed by atoms with Crippen LogP contribution in [0.2, 0.25) is 5.02 Å². The first kappa shape index (κ1) is 16.5. The normalized spacial score (nSPS) is 11.5. The standard InChI is InChI=1S/C16H20ClN3O2/c1-4-19(11-16(2,3)22)15(21)12-9-18-20(10-12)14-7-5-6-13(17)8-14/h5-10,22H,4,11H2,1-3H3. The predicted molar refractivity (Wildman–Crippen MR) is 86.4 cm³/mol. The highest BCUT2D eigenvalue weighted by atomic mass is 35.5. The summed E-state index contributed by atoms with van der Waals surface area (Å²) in [5, 5.41) is 14.7. The van der Waals surface area contributed by atoms with Gasteiger partial charge in [0, 0.05) is 24.3 Å². The quantitative estimate of drug-likeness (QED) is 0.921. The number of benzene rings is 1. The number of aromatic nitrogens is 2. The maximum Gasteiger partial charge on any atom is 0.257 e. The minimum atomic E-state index is -0.936. The van der Waals surface area contributed by atoms with E-state index >= 15 is 0 Å². The number of likely N-dealkylation sites (N-methyl/N-ethyl adjacent to an activating group) is 1. The van der Waals surface area contributed by atoms with Gasteiger partial charge in [0.15, 0.2) is 0 Å². The summed E-state index contributed by atoms with van der Waals surface area (Å²) in [4.78, 5) is 14.1. The summed E-state index contributed by atoms with van der Waals surface area (Å²) >= 11 is 5.97. The summed E-state index contributed by atoms with van der Waals surface area (Å²) in [5.74, 6) is -0.155. The van der Waals surface area contributed by atoms with Crippen LogP contribution in [-0.2, 0) is 0 Å². The number of carbonyl (C=O) groups excluding carboxylic acids is 1. The van der Waals surface area contributed by atoms with Crippen LogP contribution in [0.4, 0.5) is 0 Å². The molecule has 22 heavy (non-hydrogen) atoms. The molecule has 0 saturated heterocycles. The van der Waals surface area contributed by atoms with E-state index in [-0.39, 0.29) is 12.5 Å². The first-order valence-electron chi connectivity index (χ1n) is 7.12. The van der Waals surface area contributed by atoms with Crippen molar-refractivity contribution in [3.63, 3.8) is 0 Å². The Morgan fingerprint density at radius 2 is 2.18 bits per heavy atom. The molecule has 2 aromatic rings. The van der Waals surface area contributed by atoms with Crippen LogP contribution in [0.5, 0.6) is 0 Å². The van der Waals surface area contributed by atoms with Crippen molar-refractivity contribution in [2.45, 2.75) is 26.4 Å². The van der Waals surface area contributed by atoms with E-state index in [1.807, 2.05) is 19.1 Å². The zero-order valence-corrected chi connectivity index (χ0v) is 13.7. The van der Waals surface area contributed by atoms with E-state index in [2.05, 4.69) is 5.10 Å². The van der Waals surface area contributed by atoms with Crippen molar-refractivity contribution >= 4 is 17.5 Å². The Labute approximate surface area is 135 Å². The molecule has 0 atom stereocenters. The number of carbonyl (C=O) groups is 1. The zero-order valence-electron chi connectivity index (χ0n) is 13.0. The molecule has 0 aliphatic heterocycles. The molecule has 1 aromatic carbocycles. The Kier molecular flexibility index (Phi) is 4.88.